The Hall–Kier alpha value is -6.18. The molecule has 0 saturated carbocycles. The maximum absolute atomic E-state index is 13.5. The van der Waals surface area contributed by atoms with Gasteiger partial charge in [-0.25, -0.2) is 4.79 Å². The van der Waals surface area contributed by atoms with Gasteiger partial charge >= 0.3 is 5.97 Å². The van der Waals surface area contributed by atoms with Gasteiger partial charge in [0.15, 0.2) is 17.3 Å². The number of β-lactam (4-membered cyclic amide) rings is 1. The van der Waals surface area contributed by atoms with Crippen molar-refractivity contribution in [3.05, 3.63) is 137 Å². The van der Waals surface area contributed by atoms with Crippen molar-refractivity contribution in [2.45, 2.75) is 31.2 Å². The molecule has 0 bridgehead atoms. The standard InChI is InChI=1S/C42H39N3O9S/c1-48-31-12-4-26(5-13-31)22-51-36-19-11-29(20-37(36)52-23-27-6-14-32(49-2)15-7-27)35-21-34(54-44-35)18-10-30-25-55-41-38(43)40(46)45(41)39(30)42(47)53-24-28-8-16-33(50-3)17-9-28/h4-21,38,41H,22-25,43H2,1-3H3/b18-10+/t38-,41-/m1/s1. The average molecular weight is 762 g/mol. The molecule has 7 rings (SSSR count). The molecule has 0 radical (unpaired) electrons. The Bertz CT molecular complexity index is 2200. The van der Waals surface area contributed by atoms with Crippen molar-refractivity contribution in [3.8, 4) is 40.0 Å². The van der Waals surface area contributed by atoms with E-state index in [1.807, 2.05) is 78.9 Å². The van der Waals surface area contributed by atoms with Gasteiger partial charge in [-0.2, -0.15) is 0 Å². The van der Waals surface area contributed by atoms with Crippen LogP contribution in [0.5, 0.6) is 28.7 Å². The maximum Gasteiger partial charge on any atom is 0.355 e. The van der Waals surface area contributed by atoms with Gasteiger partial charge in [0.2, 0.25) is 5.91 Å². The fraction of sp³-hybridized carbons (Fsp3) is 0.214. The summed E-state index contributed by atoms with van der Waals surface area (Å²) in [7, 11) is 4.84. The Kier molecular flexibility index (Phi) is 11.4. The highest BCUT2D eigenvalue weighted by atomic mass is 32.2. The van der Waals surface area contributed by atoms with Crippen LogP contribution in [-0.2, 0) is 34.1 Å². The monoisotopic (exact) mass is 761 g/mol. The quantitative estimate of drug-likeness (QED) is 0.0887. The molecule has 5 aromatic rings. The van der Waals surface area contributed by atoms with Crippen LogP contribution in [-0.4, -0.2) is 60.4 Å². The molecule has 282 valence electrons. The van der Waals surface area contributed by atoms with Crippen LogP contribution < -0.4 is 29.4 Å². The minimum Gasteiger partial charge on any atom is -0.497 e. The summed E-state index contributed by atoms with van der Waals surface area (Å²) in [4.78, 5) is 27.7. The number of thioether (sulfide) groups is 1. The number of fused-ring (bicyclic) bond motifs is 1. The maximum atomic E-state index is 13.5. The number of hydrogen-bond acceptors (Lipinski definition) is 12. The molecule has 0 unspecified atom stereocenters. The lowest BCUT2D eigenvalue weighted by atomic mass is 10.0. The molecule has 2 atom stereocenters. The molecule has 13 heteroatoms. The van der Waals surface area contributed by atoms with Crippen molar-refractivity contribution in [2.75, 3.05) is 27.1 Å². The molecule has 1 saturated heterocycles. The highest BCUT2D eigenvalue weighted by Gasteiger charge is 2.51. The highest BCUT2D eigenvalue weighted by molar-refractivity contribution is 8.00. The van der Waals surface area contributed by atoms with E-state index >= 15 is 0 Å². The van der Waals surface area contributed by atoms with Gasteiger partial charge in [-0.05, 0) is 82.9 Å². The number of nitrogens with zero attached hydrogens (tertiary/aromatic N) is 2. The van der Waals surface area contributed by atoms with Crippen LogP contribution in [0.3, 0.4) is 0 Å². The first-order valence-electron chi connectivity index (χ1n) is 17.4. The number of amides is 1. The van der Waals surface area contributed by atoms with E-state index in [0.29, 0.717) is 53.2 Å². The number of carbonyl (C=O) groups excluding carboxylic acids is 2. The fourth-order valence-electron chi connectivity index (χ4n) is 5.95. The van der Waals surface area contributed by atoms with E-state index in [1.165, 1.54) is 16.7 Å². The first kappa shape index (κ1) is 37.1. The van der Waals surface area contributed by atoms with E-state index in [2.05, 4.69) is 5.16 Å². The van der Waals surface area contributed by atoms with Gasteiger partial charge in [-0.3, -0.25) is 9.69 Å². The van der Waals surface area contributed by atoms with E-state index in [1.54, 1.807) is 51.7 Å². The second-order valence-corrected chi connectivity index (χ2v) is 13.7. The van der Waals surface area contributed by atoms with Crippen molar-refractivity contribution < 1.29 is 42.5 Å². The second kappa shape index (κ2) is 16.9. The van der Waals surface area contributed by atoms with Gasteiger partial charge in [0.05, 0.1) is 21.3 Å². The molecule has 1 amide bonds. The molecule has 2 aliphatic heterocycles. The first-order valence-corrected chi connectivity index (χ1v) is 18.4. The van der Waals surface area contributed by atoms with E-state index in [-0.39, 0.29) is 23.6 Å². The normalized spacial score (nSPS) is 16.4. The Balaban J connectivity index is 1.10. The number of carbonyl (C=O) groups is 2. The zero-order valence-electron chi connectivity index (χ0n) is 30.4. The van der Waals surface area contributed by atoms with Crippen molar-refractivity contribution >= 4 is 29.7 Å². The summed E-state index contributed by atoms with van der Waals surface area (Å²) in [6, 6.07) is 29.2. The van der Waals surface area contributed by atoms with Crippen LogP contribution in [0.15, 0.2) is 119 Å². The Labute approximate surface area is 322 Å². The summed E-state index contributed by atoms with van der Waals surface area (Å²) in [5.41, 5.74) is 10.8. The number of ether oxygens (including phenoxy) is 6. The minimum absolute atomic E-state index is 0.0256. The predicted molar refractivity (Wildman–Crippen MR) is 207 cm³/mol. The minimum atomic E-state index is -0.680. The van der Waals surface area contributed by atoms with Crippen LogP contribution in [0.1, 0.15) is 22.5 Å². The molecule has 2 aliphatic rings. The molecule has 0 spiro atoms. The van der Waals surface area contributed by atoms with Crippen LogP contribution in [0.2, 0.25) is 0 Å². The molecule has 2 N–H and O–H groups in total. The molecule has 1 fully saturated rings. The zero-order chi connectivity index (χ0) is 38.3. The third kappa shape index (κ3) is 8.48. The summed E-state index contributed by atoms with van der Waals surface area (Å²) in [6.45, 7) is 0.641. The zero-order valence-corrected chi connectivity index (χ0v) is 31.2. The van der Waals surface area contributed by atoms with E-state index in [4.69, 9.17) is 38.7 Å². The van der Waals surface area contributed by atoms with E-state index in [0.717, 1.165) is 33.8 Å². The third-order valence-electron chi connectivity index (χ3n) is 9.08. The number of methoxy groups -OCH3 is 3. The Morgan fingerprint density at radius 1 is 0.782 bits per heavy atom. The summed E-state index contributed by atoms with van der Waals surface area (Å²) in [5, 5.41) is 3.97. The number of nitrogens with two attached hydrogens (primary N) is 1. The molecule has 3 heterocycles. The van der Waals surface area contributed by atoms with Crippen LogP contribution in [0, 0.1) is 0 Å². The van der Waals surface area contributed by atoms with Crippen LogP contribution in [0.25, 0.3) is 17.3 Å². The molecule has 12 nitrogen and oxygen atoms in total. The molecular formula is C42H39N3O9S. The molecule has 0 aliphatic carbocycles. The summed E-state index contributed by atoms with van der Waals surface area (Å²) < 4.78 is 39.6. The van der Waals surface area contributed by atoms with Gasteiger partial charge in [0.1, 0.15) is 59.9 Å². The lowest BCUT2D eigenvalue weighted by molar-refractivity contribution is -0.151. The predicted octanol–water partition coefficient (Wildman–Crippen LogP) is 6.78. The van der Waals surface area contributed by atoms with Crippen molar-refractivity contribution in [3.63, 3.8) is 0 Å². The number of esters is 1. The number of allylic oxidation sites excluding steroid dienone is 1. The fourth-order valence-corrected chi connectivity index (χ4v) is 7.21. The molecule has 4 aromatic carbocycles. The number of benzene rings is 4. The number of hydrogen-bond donors (Lipinski definition) is 1. The highest BCUT2D eigenvalue weighted by Crippen LogP contribution is 2.41. The van der Waals surface area contributed by atoms with Crippen LogP contribution >= 0.6 is 11.8 Å². The number of rotatable bonds is 15. The van der Waals surface area contributed by atoms with Gasteiger partial charge < -0.3 is 38.7 Å². The van der Waals surface area contributed by atoms with Crippen molar-refractivity contribution in [1.29, 1.82) is 0 Å². The third-order valence-corrected chi connectivity index (χ3v) is 10.4. The lowest BCUT2D eigenvalue weighted by Gasteiger charge is -2.48. The van der Waals surface area contributed by atoms with Crippen molar-refractivity contribution in [2.24, 2.45) is 5.73 Å². The molecule has 1 aromatic heterocycles. The molecule has 55 heavy (non-hydrogen) atoms. The van der Waals surface area contributed by atoms with Gasteiger partial charge in [0.25, 0.3) is 0 Å². The van der Waals surface area contributed by atoms with E-state index < -0.39 is 12.0 Å². The topological polar surface area (TPSA) is 145 Å². The number of aromatic nitrogens is 1. The van der Waals surface area contributed by atoms with Gasteiger partial charge in [-0.15, -0.1) is 11.8 Å². The summed E-state index contributed by atoms with van der Waals surface area (Å²) in [5.74, 6) is 3.23. The van der Waals surface area contributed by atoms with Gasteiger partial charge in [0, 0.05) is 17.4 Å². The van der Waals surface area contributed by atoms with Gasteiger partial charge in [-0.1, -0.05) is 47.6 Å². The lowest BCUT2D eigenvalue weighted by Crippen LogP contribution is -2.68. The van der Waals surface area contributed by atoms with E-state index in [9.17, 15) is 9.59 Å². The Morgan fingerprint density at radius 3 is 1.93 bits per heavy atom. The Morgan fingerprint density at radius 2 is 1.35 bits per heavy atom. The summed E-state index contributed by atoms with van der Waals surface area (Å²) >= 11 is 1.49. The molecular weight excluding hydrogens is 723 g/mol. The van der Waals surface area contributed by atoms with Crippen molar-refractivity contribution in [1.82, 2.24) is 10.1 Å². The smallest absolute Gasteiger partial charge is 0.355 e. The SMILES string of the molecule is COc1ccc(COC(=O)C2=C(/C=C/c3cc(-c4ccc(OCc5ccc(OC)cc5)c(OCc5ccc(OC)cc5)c4)no3)CS[C@@H]3[C@H](N)C(=O)N23)cc1. The largest absolute Gasteiger partial charge is 0.497 e. The average Bonchev–Trinajstić information content (AvgIpc) is 3.72. The summed E-state index contributed by atoms with van der Waals surface area (Å²) in [6.07, 6.45) is 3.45. The van der Waals surface area contributed by atoms with Crippen LogP contribution in [0.4, 0.5) is 0 Å². The second-order valence-electron chi connectivity index (χ2n) is 12.6. The first-order chi connectivity index (χ1) is 26.8.